The predicted molar refractivity (Wildman–Crippen MR) is 85.9 cm³/mol. The molecule has 1 aromatic carbocycles. The van der Waals surface area contributed by atoms with E-state index in [0.717, 1.165) is 22.3 Å². The molecule has 0 spiro atoms. The van der Waals surface area contributed by atoms with Crippen LogP contribution in [0.3, 0.4) is 0 Å². The van der Waals surface area contributed by atoms with Gasteiger partial charge in [-0.2, -0.15) is 0 Å². The summed E-state index contributed by atoms with van der Waals surface area (Å²) in [5, 5.41) is 12.7. The van der Waals surface area contributed by atoms with Gasteiger partial charge in [-0.15, -0.1) is 0 Å². The zero-order valence-corrected chi connectivity index (χ0v) is 14.1. The van der Waals surface area contributed by atoms with Gasteiger partial charge in [0.25, 0.3) is 0 Å². The molecule has 0 bridgehead atoms. The summed E-state index contributed by atoms with van der Waals surface area (Å²) >= 11 is 3.43. The van der Waals surface area contributed by atoms with Crippen molar-refractivity contribution < 1.29 is 9.90 Å². The van der Waals surface area contributed by atoms with Gasteiger partial charge in [0.2, 0.25) is 5.91 Å². The third-order valence-corrected chi connectivity index (χ3v) is 3.76. The first-order valence-corrected chi connectivity index (χ1v) is 7.51. The summed E-state index contributed by atoms with van der Waals surface area (Å²) in [7, 11) is 0. The maximum Gasteiger partial charge on any atom is 0.238 e. The number of hydrogen-bond acceptors (Lipinski definition) is 3. The van der Waals surface area contributed by atoms with Crippen molar-refractivity contribution >= 4 is 27.5 Å². The van der Waals surface area contributed by atoms with Crippen LogP contribution in [0.2, 0.25) is 0 Å². The molecule has 1 aromatic rings. The molecule has 1 amide bonds. The zero-order valence-electron chi connectivity index (χ0n) is 12.5. The molecule has 2 N–H and O–H groups in total. The van der Waals surface area contributed by atoms with Crippen LogP contribution < -0.4 is 5.32 Å². The van der Waals surface area contributed by atoms with E-state index in [1.165, 1.54) is 0 Å². The molecule has 0 aliphatic heterocycles. The number of hydrogen-bond donors (Lipinski definition) is 2. The lowest BCUT2D eigenvalue weighted by atomic mass is 10.1. The van der Waals surface area contributed by atoms with Crippen LogP contribution in [-0.2, 0) is 4.79 Å². The predicted octanol–water partition coefficient (Wildman–Crippen LogP) is 2.79. The molecule has 0 saturated carbocycles. The number of rotatable bonds is 6. The lowest BCUT2D eigenvalue weighted by Gasteiger charge is -2.27. The molecule has 112 valence electrons. The standard InChI is InChI=1S/C15H23BrN2O2/c1-5-18(10-15(3,4)20)9-14(19)17-12-6-7-13(16)11(2)8-12/h6-8,20H,5,9-10H2,1-4H3,(H,17,19). The third kappa shape index (κ3) is 6.03. The number of amides is 1. The molecule has 0 aliphatic rings. The van der Waals surface area contributed by atoms with Gasteiger partial charge in [0.1, 0.15) is 0 Å². The van der Waals surface area contributed by atoms with Gasteiger partial charge in [0.15, 0.2) is 0 Å². The molecular weight excluding hydrogens is 320 g/mol. The Labute approximate surface area is 129 Å². The molecule has 20 heavy (non-hydrogen) atoms. The Morgan fingerprint density at radius 3 is 2.60 bits per heavy atom. The number of carbonyl (C=O) groups excluding carboxylic acids is 1. The van der Waals surface area contributed by atoms with Crippen molar-refractivity contribution in [1.29, 1.82) is 0 Å². The van der Waals surface area contributed by atoms with E-state index >= 15 is 0 Å². The molecule has 5 heteroatoms. The van der Waals surface area contributed by atoms with Crippen molar-refractivity contribution in [3.05, 3.63) is 28.2 Å². The van der Waals surface area contributed by atoms with Gasteiger partial charge < -0.3 is 10.4 Å². The van der Waals surface area contributed by atoms with Crippen molar-refractivity contribution in [2.45, 2.75) is 33.3 Å². The average Bonchev–Trinajstić information content (AvgIpc) is 2.31. The van der Waals surface area contributed by atoms with E-state index in [9.17, 15) is 9.90 Å². The van der Waals surface area contributed by atoms with Crippen molar-refractivity contribution in [2.24, 2.45) is 0 Å². The van der Waals surface area contributed by atoms with Gasteiger partial charge in [-0.25, -0.2) is 0 Å². The molecule has 1 rings (SSSR count). The molecule has 0 aromatic heterocycles. The summed E-state index contributed by atoms with van der Waals surface area (Å²) in [6, 6.07) is 5.70. The quantitative estimate of drug-likeness (QED) is 0.835. The molecule has 0 heterocycles. The highest BCUT2D eigenvalue weighted by molar-refractivity contribution is 9.10. The maximum absolute atomic E-state index is 12.0. The second kappa shape index (κ2) is 7.20. The monoisotopic (exact) mass is 342 g/mol. The third-order valence-electron chi connectivity index (χ3n) is 2.87. The van der Waals surface area contributed by atoms with Crippen molar-refractivity contribution in [2.75, 3.05) is 25.0 Å². The van der Waals surface area contributed by atoms with Crippen LogP contribution in [-0.4, -0.2) is 41.1 Å². The lowest BCUT2D eigenvalue weighted by molar-refractivity contribution is -0.117. The molecule has 0 aliphatic carbocycles. The van der Waals surface area contributed by atoms with Crippen LogP contribution in [0.1, 0.15) is 26.3 Å². The number of anilines is 1. The van der Waals surface area contributed by atoms with Gasteiger partial charge in [0, 0.05) is 16.7 Å². The number of halogens is 1. The van der Waals surface area contributed by atoms with Crippen molar-refractivity contribution in [3.8, 4) is 0 Å². The molecule has 0 unspecified atom stereocenters. The number of aryl methyl sites for hydroxylation is 1. The smallest absolute Gasteiger partial charge is 0.238 e. The van der Waals surface area contributed by atoms with Gasteiger partial charge >= 0.3 is 0 Å². The van der Waals surface area contributed by atoms with E-state index in [0.29, 0.717) is 6.54 Å². The highest BCUT2D eigenvalue weighted by Gasteiger charge is 2.19. The largest absolute Gasteiger partial charge is 0.389 e. The van der Waals surface area contributed by atoms with E-state index in [1.54, 1.807) is 13.8 Å². The Hall–Kier alpha value is -0.910. The summed E-state index contributed by atoms with van der Waals surface area (Å²) in [4.78, 5) is 13.9. The van der Waals surface area contributed by atoms with E-state index in [2.05, 4.69) is 21.2 Å². The highest BCUT2D eigenvalue weighted by Crippen LogP contribution is 2.20. The Balaban J connectivity index is 2.59. The van der Waals surface area contributed by atoms with Crippen LogP contribution in [0.5, 0.6) is 0 Å². The van der Waals surface area contributed by atoms with Crippen molar-refractivity contribution in [1.82, 2.24) is 4.90 Å². The highest BCUT2D eigenvalue weighted by atomic mass is 79.9. The minimum atomic E-state index is -0.801. The van der Waals surface area contributed by atoms with E-state index in [4.69, 9.17) is 0 Å². The topological polar surface area (TPSA) is 52.6 Å². The fourth-order valence-electron chi connectivity index (χ4n) is 1.95. The molecular formula is C15H23BrN2O2. The van der Waals surface area contributed by atoms with Crippen LogP contribution in [0, 0.1) is 6.92 Å². The fraction of sp³-hybridized carbons (Fsp3) is 0.533. The van der Waals surface area contributed by atoms with Crippen LogP contribution in [0.25, 0.3) is 0 Å². The van der Waals surface area contributed by atoms with Crippen LogP contribution in [0.4, 0.5) is 5.69 Å². The first-order valence-electron chi connectivity index (χ1n) is 6.72. The number of aliphatic hydroxyl groups is 1. The number of carbonyl (C=O) groups is 1. The summed E-state index contributed by atoms with van der Waals surface area (Å²) < 4.78 is 1.02. The first kappa shape index (κ1) is 17.1. The first-order chi connectivity index (χ1) is 9.21. The van der Waals surface area contributed by atoms with Gasteiger partial charge in [-0.3, -0.25) is 9.69 Å². The Bertz CT molecular complexity index is 469. The molecule has 0 fully saturated rings. The maximum atomic E-state index is 12.0. The van der Waals surface area contributed by atoms with E-state index < -0.39 is 5.60 Å². The minimum absolute atomic E-state index is 0.0715. The number of nitrogens with one attached hydrogen (secondary N) is 1. The number of likely N-dealkylation sites (N-methyl/N-ethyl adjacent to an activating group) is 1. The van der Waals surface area contributed by atoms with Crippen molar-refractivity contribution in [3.63, 3.8) is 0 Å². The summed E-state index contributed by atoms with van der Waals surface area (Å²) in [5.41, 5.74) is 1.06. The van der Waals surface area contributed by atoms with Crippen LogP contribution >= 0.6 is 15.9 Å². The van der Waals surface area contributed by atoms with E-state index in [1.807, 2.05) is 36.9 Å². The molecule has 0 atom stereocenters. The second-order valence-electron chi connectivity index (χ2n) is 5.63. The van der Waals surface area contributed by atoms with Crippen LogP contribution in [0.15, 0.2) is 22.7 Å². The number of nitrogens with zero attached hydrogens (tertiary/aromatic N) is 1. The molecule has 4 nitrogen and oxygen atoms in total. The summed E-state index contributed by atoms with van der Waals surface area (Å²) in [5.74, 6) is -0.0715. The average molecular weight is 343 g/mol. The van der Waals surface area contributed by atoms with Gasteiger partial charge in [-0.1, -0.05) is 22.9 Å². The fourth-order valence-corrected chi connectivity index (χ4v) is 2.20. The zero-order chi connectivity index (χ0) is 15.3. The lowest BCUT2D eigenvalue weighted by Crippen LogP contribution is -2.42. The van der Waals surface area contributed by atoms with Gasteiger partial charge in [-0.05, 0) is 51.1 Å². The number of benzene rings is 1. The normalized spacial score (nSPS) is 11.8. The minimum Gasteiger partial charge on any atom is -0.389 e. The Morgan fingerprint density at radius 1 is 1.45 bits per heavy atom. The SMILES string of the molecule is CCN(CC(=O)Nc1ccc(Br)c(C)c1)CC(C)(C)O. The Morgan fingerprint density at radius 2 is 2.10 bits per heavy atom. The molecule has 0 saturated heterocycles. The van der Waals surface area contributed by atoms with E-state index in [-0.39, 0.29) is 12.5 Å². The molecule has 0 radical (unpaired) electrons. The van der Waals surface area contributed by atoms with Gasteiger partial charge in [0.05, 0.1) is 12.1 Å². The summed E-state index contributed by atoms with van der Waals surface area (Å²) in [6.07, 6.45) is 0. The Kier molecular flexibility index (Phi) is 6.17. The second-order valence-corrected chi connectivity index (χ2v) is 6.48. The summed E-state index contributed by atoms with van der Waals surface area (Å²) in [6.45, 7) is 8.90.